The lowest BCUT2D eigenvalue weighted by atomic mass is 10.1. The SMILES string of the molecule is CC(C)NCCc1ccc(OC(C)C)c(Cl)c1. The number of hydrogen-bond acceptors (Lipinski definition) is 2. The molecule has 1 N–H and O–H groups in total. The number of ether oxygens (including phenoxy) is 1. The molecule has 0 bridgehead atoms. The molecule has 17 heavy (non-hydrogen) atoms. The minimum Gasteiger partial charge on any atom is -0.489 e. The molecular formula is C14H22ClNO. The zero-order valence-corrected chi connectivity index (χ0v) is 11.8. The third-order valence-electron chi connectivity index (χ3n) is 2.33. The Morgan fingerprint density at radius 2 is 1.94 bits per heavy atom. The van der Waals surface area contributed by atoms with Gasteiger partial charge >= 0.3 is 0 Å². The Bertz CT molecular complexity index is 350. The van der Waals surface area contributed by atoms with E-state index in [-0.39, 0.29) is 6.10 Å². The summed E-state index contributed by atoms with van der Waals surface area (Å²) >= 11 is 6.17. The van der Waals surface area contributed by atoms with Crippen LogP contribution in [0.4, 0.5) is 0 Å². The average molecular weight is 256 g/mol. The fourth-order valence-electron chi connectivity index (χ4n) is 1.55. The predicted molar refractivity (Wildman–Crippen MR) is 74.1 cm³/mol. The Labute approximate surface area is 109 Å². The largest absolute Gasteiger partial charge is 0.489 e. The van der Waals surface area contributed by atoms with E-state index in [4.69, 9.17) is 16.3 Å². The monoisotopic (exact) mass is 255 g/mol. The van der Waals surface area contributed by atoms with Crippen molar-refractivity contribution in [3.63, 3.8) is 0 Å². The van der Waals surface area contributed by atoms with Gasteiger partial charge in [-0.2, -0.15) is 0 Å². The summed E-state index contributed by atoms with van der Waals surface area (Å²) in [5.74, 6) is 0.766. The van der Waals surface area contributed by atoms with E-state index in [0.717, 1.165) is 18.7 Å². The van der Waals surface area contributed by atoms with Crippen molar-refractivity contribution in [3.8, 4) is 5.75 Å². The number of hydrogen-bond donors (Lipinski definition) is 1. The van der Waals surface area contributed by atoms with Gasteiger partial charge in [-0.3, -0.25) is 0 Å². The number of benzene rings is 1. The number of rotatable bonds is 6. The molecule has 0 atom stereocenters. The maximum absolute atomic E-state index is 6.17. The Morgan fingerprint density at radius 3 is 2.47 bits per heavy atom. The summed E-state index contributed by atoms with van der Waals surface area (Å²) in [6.45, 7) is 9.26. The van der Waals surface area contributed by atoms with Crippen LogP contribution in [0.15, 0.2) is 18.2 Å². The molecule has 0 heterocycles. The lowest BCUT2D eigenvalue weighted by molar-refractivity contribution is 0.242. The van der Waals surface area contributed by atoms with Crippen molar-refractivity contribution in [1.29, 1.82) is 0 Å². The third-order valence-corrected chi connectivity index (χ3v) is 2.62. The Balaban J connectivity index is 2.56. The van der Waals surface area contributed by atoms with Crippen molar-refractivity contribution >= 4 is 11.6 Å². The molecule has 0 fully saturated rings. The molecule has 1 aromatic carbocycles. The van der Waals surface area contributed by atoms with E-state index >= 15 is 0 Å². The summed E-state index contributed by atoms with van der Waals surface area (Å²) in [4.78, 5) is 0. The molecule has 0 aliphatic rings. The van der Waals surface area contributed by atoms with E-state index in [9.17, 15) is 0 Å². The topological polar surface area (TPSA) is 21.3 Å². The van der Waals surface area contributed by atoms with E-state index in [2.05, 4.69) is 25.2 Å². The number of halogens is 1. The molecule has 0 amide bonds. The van der Waals surface area contributed by atoms with Crippen LogP contribution in [0.3, 0.4) is 0 Å². The van der Waals surface area contributed by atoms with Crippen molar-refractivity contribution in [2.75, 3.05) is 6.54 Å². The first kappa shape index (κ1) is 14.3. The zero-order valence-electron chi connectivity index (χ0n) is 11.1. The molecule has 0 aliphatic heterocycles. The van der Waals surface area contributed by atoms with Gasteiger partial charge in [0.2, 0.25) is 0 Å². The van der Waals surface area contributed by atoms with Gasteiger partial charge in [0, 0.05) is 6.04 Å². The second-order valence-corrected chi connectivity index (χ2v) is 5.20. The first-order valence-corrected chi connectivity index (χ1v) is 6.55. The maximum Gasteiger partial charge on any atom is 0.138 e. The summed E-state index contributed by atoms with van der Waals surface area (Å²) in [5, 5.41) is 4.08. The Hall–Kier alpha value is -0.730. The fraction of sp³-hybridized carbons (Fsp3) is 0.571. The van der Waals surface area contributed by atoms with Crippen molar-refractivity contribution in [3.05, 3.63) is 28.8 Å². The zero-order chi connectivity index (χ0) is 12.8. The van der Waals surface area contributed by atoms with Crippen molar-refractivity contribution in [2.45, 2.75) is 46.3 Å². The maximum atomic E-state index is 6.17. The summed E-state index contributed by atoms with van der Waals surface area (Å²) in [6, 6.07) is 6.54. The summed E-state index contributed by atoms with van der Waals surface area (Å²) in [7, 11) is 0. The second-order valence-electron chi connectivity index (χ2n) is 4.79. The smallest absolute Gasteiger partial charge is 0.138 e. The first-order valence-electron chi connectivity index (χ1n) is 6.17. The quantitative estimate of drug-likeness (QED) is 0.838. The highest BCUT2D eigenvalue weighted by atomic mass is 35.5. The van der Waals surface area contributed by atoms with Crippen LogP contribution < -0.4 is 10.1 Å². The highest BCUT2D eigenvalue weighted by Gasteiger charge is 2.05. The molecule has 0 saturated heterocycles. The second kappa shape index (κ2) is 6.87. The van der Waals surface area contributed by atoms with Gasteiger partial charge in [-0.1, -0.05) is 31.5 Å². The summed E-state index contributed by atoms with van der Waals surface area (Å²) in [5.41, 5.74) is 1.24. The standard InChI is InChI=1S/C14H22ClNO/c1-10(2)16-8-7-12-5-6-14(13(15)9-12)17-11(3)4/h5-6,9-11,16H,7-8H2,1-4H3. The molecule has 0 aliphatic carbocycles. The Morgan fingerprint density at radius 1 is 1.24 bits per heavy atom. The molecule has 96 valence electrons. The van der Waals surface area contributed by atoms with Crippen LogP contribution >= 0.6 is 11.6 Å². The molecule has 0 spiro atoms. The third kappa shape index (κ3) is 5.42. The molecule has 1 rings (SSSR count). The average Bonchev–Trinajstić information content (AvgIpc) is 2.21. The minimum absolute atomic E-state index is 0.154. The Kier molecular flexibility index (Phi) is 5.79. The molecule has 2 nitrogen and oxygen atoms in total. The number of nitrogens with one attached hydrogen (secondary N) is 1. The predicted octanol–water partition coefficient (Wildman–Crippen LogP) is 3.67. The lowest BCUT2D eigenvalue weighted by Crippen LogP contribution is -2.24. The highest BCUT2D eigenvalue weighted by Crippen LogP contribution is 2.26. The van der Waals surface area contributed by atoms with Crippen LogP contribution in [0.5, 0.6) is 5.75 Å². The van der Waals surface area contributed by atoms with Gasteiger partial charge in [-0.15, -0.1) is 0 Å². The van der Waals surface area contributed by atoms with E-state index in [1.807, 2.05) is 26.0 Å². The normalized spacial score (nSPS) is 11.2. The van der Waals surface area contributed by atoms with Gasteiger partial charge in [0.25, 0.3) is 0 Å². The highest BCUT2D eigenvalue weighted by molar-refractivity contribution is 6.32. The van der Waals surface area contributed by atoms with Crippen molar-refractivity contribution < 1.29 is 4.74 Å². The summed E-state index contributed by atoms with van der Waals surface area (Å²) in [6.07, 6.45) is 1.14. The molecule has 0 saturated carbocycles. The van der Waals surface area contributed by atoms with Gasteiger partial charge in [-0.05, 0) is 44.5 Å². The van der Waals surface area contributed by atoms with Gasteiger partial charge in [0.15, 0.2) is 0 Å². The van der Waals surface area contributed by atoms with Gasteiger partial charge in [0.05, 0.1) is 11.1 Å². The minimum atomic E-state index is 0.154. The molecule has 0 radical (unpaired) electrons. The van der Waals surface area contributed by atoms with E-state index in [1.165, 1.54) is 5.56 Å². The molecule has 1 aromatic rings. The van der Waals surface area contributed by atoms with Crippen LogP contribution in [0, 0.1) is 0 Å². The van der Waals surface area contributed by atoms with Crippen molar-refractivity contribution in [1.82, 2.24) is 5.32 Å². The van der Waals surface area contributed by atoms with Crippen LogP contribution in [-0.4, -0.2) is 18.7 Å². The molecular weight excluding hydrogens is 234 g/mol. The van der Waals surface area contributed by atoms with E-state index in [1.54, 1.807) is 0 Å². The van der Waals surface area contributed by atoms with E-state index < -0.39 is 0 Å². The molecule has 3 heteroatoms. The van der Waals surface area contributed by atoms with Crippen LogP contribution in [0.1, 0.15) is 33.3 Å². The van der Waals surface area contributed by atoms with Crippen LogP contribution in [0.2, 0.25) is 5.02 Å². The van der Waals surface area contributed by atoms with Gasteiger partial charge in [0.1, 0.15) is 5.75 Å². The first-order chi connectivity index (χ1) is 7.99. The fourth-order valence-corrected chi connectivity index (χ4v) is 1.80. The van der Waals surface area contributed by atoms with Gasteiger partial charge in [-0.25, -0.2) is 0 Å². The molecule has 0 unspecified atom stereocenters. The van der Waals surface area contributed by atoms with Crippen LogP contribution in [0.25, 0.3) is 0 Å². The van der Waals surface area contributed by atoms with Gasteiger partial charge < -0.3 is 10.1 Å². The van der Waals surface area contributed by atoms with E-state index in [0.29, 0.717) is 11.1 Å². The molecule has 0 aromatic heterocycles. The van der Waals surface area contributed by atoms with Crippen LogP contribution in [-0.2, 0) is 6.42 Å². The van der Waals surface area contributed by atoms with Crippen molar-refractivity contribution in [2.24, 2.45) is 0 Å². The lowest BCUT2D eigenvalue weighted by Gasteiger charge is -2.13. The summed E-state index contributed by atoms with van der Waals surface area (Å²) < 4.78 is 5.60.